The van der Waals surface area contributed by atoms with Gasteiger partial charge in [-0.05, 0) is 20.8 Å². The van der Waals surface area contributed by atoms with E-state index in [1.165, 1.54) is 0 Å². The largest absolute Gasteiger partial charge is 0.372 e. The fraction of sp³-hybridized carbons (Fsp3) is 0.700. The summed E-state index contributed by atoms with van der Waals surface area (Å²) in [5.74, 6) is 0. The maximum atomic E-state index is 5.49. The molecule has 4 nitrogen and oxygen atoms in total. The third-order valence-corrected chi connectivity index (χ3v) is 2.11. The minimum atomic E-state index is 0.0750. The third-order valence-electron chi connectivity index (χ3n) is 2.11. The number of hydrogen-bond donors (Lipinski definition) is 1. The van der Waals surface area contributed by atoms with Gasteiger partial charge in [-0.2, -0.15) is 5.10 Å². The molecule has 1 rings (SSSR count). The van der Waals surface area contributed by atoms with Gasteiger partial charge in [0.2, 0.25) is 0 Å². The van der Waals surface area contributed by atoms with Crippen LogP contribution in [0.2, 0.25) is 0 Å². The minimum absolute atomic E-state index is 0.0750. The molecule has 0 aliphatic carbocycles. The Morgan fingerprint density at radius 3 is 2.71 bits per heavy atom. The molecule has 0 fully saturated rings. The Kier molecular flexibility index (Phi) is 4.10. The number of nitrogens with two attached hydrogens (primary N) is 1. The summed E-state index contributed by atoms with van der Waals surface area (Å²) in [7, 11) is 0. The molecule has 1 aromatic rings. The summed E-state index contributed by atoms with van der Waals surface area (Å²) in [6.07, 6.45) is 3.94. The Hall–Kier alpha value is -0.870. The molecule has 0 aromatic carbocycles. The third kappa shape index (κ3) is 2.82. The summed E-state index contributed by atoms with van der Waals surface area (Å²) >= 11 is 0. The normalized spacial score (nSPS) is 13.5. The fourth-order valence-electron chi connectivity index (χ4n) is 1.19. The highest BCUT2D eigenvalue weighted by Crippen LogP contribution is 2.16. The standard InChI is InChI=1S/C10H19N3O/c1-8(2)13-7-10(6-12-13)9(3)14-5-4-11/h6-9H,4-5,11H2,1-3H3/t9-/m0/s1. The molecule has 1 heterocycles. The summed E-state index contributed by atoms with van der Waals surface area (Å²) in [6, 6.07) is 0.394. The van der Waals surface area contributed by atoms with E-state index in [1.54, 1.807) is 0 Å². The summed E-state index contributed by atoms with van der Waals surface area (Å²) < 4.78 is 7.42. The van der Waals surface area contributed by atoms with Gasteiger partial charge in [-0.1, -0.05) is 0 Å². The van der Waals surface area contributed by atoms with Crippen molar-refractivity contribution in [3.63, 3.8) is 0 Å². The van der Waals surface area contributed by atoms with Crippen molar-refractivity contribution in [3.05, 3.63) is 18.0 Å². The van der Waals surface area contributed by atoms with E-state index in [0.29, 0.717) is 19.2 Å². The van der Waals surface area contributed by atoms with Crippen molar-refractivity contribution in [3.8, 4) is 0 Å². The van der Waals surface area contributed by atoms with Gasteiger partial charge in [0.15, 0.2) is 0 Å². The average Bonchev–Trinajstić information content (AvgIpc) is 2.62. The smallest absolute Gasteiger partial charge is 0.0827 e. The lowest BCUT2D eigenvalue weighted by atomic mass is 10.2. The van der Waals surface area contributed by atoms with E-state index >= 15 is 0 Å². The molecule has 1 atom stereocenters. The molecular formula is C10H19N3O. The van der Waals surface area contributed by atoms with Crippen LogP contribution in [-0.4, -0.2) is 22.9 Å². The number of rotatable bonds is 5. The first-order valence-electron chi connectivity index (χ1n) is 5.01. The maximum Gasteiger partial charge on any atom is 0.0827 e. The van der Waals surface area contributed by atoms with Crippen LogP contribution in [0.15, 0.2) is 12.4 Å². The lowest BCUT2D eigenvalue weighted by molar-refractivity contribution is 0.0717. The van der Waals surface area contributed by atoms with E-state index in [0.717, 1.165) is 5.56 Å². The van der Waals surface area contributed by atoms with Crippen LogP contribution >= 0.6 is 0 Å². The molecule has 0 saturated carbocycles. The predicted molar refractivity (Wildman–Crippen MR) is 56.0 cm³/mol. The number of hydrogen-bond acceptors (Lipinski definition) is 3. The molecule has 0 radical (unpaired) electrons. The average molecular weight is 197 g/mol. The zero-order valence-corrected chi connectivity index (χ0v) is 9.10. The van der Waals surface area contributed by atoms with Crippen LogP contribution in [0, 0.1) is 0 Å². The molecule has 80 valence electrons. The molecule has 0 bridgehead atoms. The van der Waals surface area contributed by atoms with Crippen molar-refractivity contribution in [2.75, 3.05) is 13.2 Å². The van der Waals surface area contributed by atoms with Gasteiger partial charge in [0.1, 0.15) is 0 Å². The Labute approximate surface area is 85.0 Å². The zero-order valence-electron chi connectivity index (χ0n) is 9.10. The van der Waals surface area contributed by atoms with Crippen LogP contribution in [-0.2, 0) is 4.74 Å². The summed E-state index contributed by atoms with van der Waals surface area (Å²) in [5.41, 5.74) is 6.47. The number of aromatic nitrogens is 2. The number of nitrogens with zero attached hydrogens (tertiary/aromatic N) is 2. The van der Waals surface area contributed by atoms with Crippen molar-refractivity contribution in [1.82, 2.24) is 9.78 Å². The van der Waals surface area contributed by atoms with Gasteiger partial charge >= 0.3 is 0 Å². The maximum absolute atomic E-state index is 5.49. The summed E-state index contributed by atoms with van der Waals surface area (Å²) in [5, 5.41) is 4.25. The van der Waals surface area contributed by atoms with Crippen LogP contribution in [0.3, 0.4) is 0 Å². The number of ether oxygens (including phenoxy) is 1. The summed E-state index contributed by atoms with van der Waals surface area (Å²) in [4.78, 5) is 0. The molecular weight excluding hydrogens is 178 g/mol. The van der Waals surface area contributed by atoms with Crippen molar-refractivity contribution in [2.45, 2.75) is 32.9 Å². The SMILES string of the molecule is CC(C)n1cc([C@H](C)OCCN)cn1. The first kappa shape index (κ1) is 11.2. The molecule has 2 N–H and O–H groups in total. The molecule has 0 spiro atoms. The van der Waals surface area contributed by atoms with E-state index in [4.69, 9.17) is 10.5 Å². The van der Waals surface area contributed by atoms with Gasteiger partial charge < -0.3 is 10.5 Å². The second kappa shape index (κ2) is 5.12. The van der Waals surface area contributed by atoms with Gasteiger partial charge in [0.25, 0.3) is 0 Å². The Morgan fingerprint density at radius 1 is 1.50 bits per heavy atom. The van der Waals surface area contributed by atoms with Gasteiger partial charge in [-0.3, -0.25) is 4.68 Å². The first-order valence-corrected chi connectivity index (χ1v) is 5.01. The molecule has 0 amide bonds. The van der Waals surface area contributed by atoms with Crippen molar-refractivity contribution >= 4 is 0 Å². The van der Waals surface area contributed by atoms with E-state index in [2.05, 4.69) is 18.9 Å². The molecule has 14 heavy (non-hydrogen) atoms. The predicted octanol–water partition coefficient (Wildman–Crippen LogP) is 1.50. The van der Waals surface area contributed by atoms with Crippen LogP contribution in [0.25, 0.3) is 0 Å². The van der Waals surface area contributed by atoms with Crippen molar-refractivity contribution in [2.24, 2.45) is 5.73 Å². The van der Waals surface area contributed by atoms with Gasteiger partial charge in [0.05, 0.1) is 18.9 Å². The lowest BCUT2D eigenvalue weighted by Crippen LogP contribution is -2.10. The lowest BCUT2D eigenvalue weighted by Gasteiger charge is -2.09. The Morgan fingerprint density at radius 2 is 2.21 bits per heavy atom. The first-order chi connectivity index (χ1) is 6.65. The fourth-order valence-corrected chi connectivity index (χ4v) is 1.19. The molecule has 4 heteroatoms. The molecule has 0 unspecified atom stereocenters. The van der Waals surface area contributed by atoms with Gasteiger partial charge in [-0.25, -0.2) is 0 Å². The molecule has 0 saturated heterocycles. The molecule has 1 aromatic heterocycles. The monoisotopic (exact) mass is 197 g/mol. The van der Waals surface area contributed by atoms with Crippen LogP contribution in [0.4, 0.5) is 0 Å². The zero-order chi connectivity index (χ0) is 10.6. The highest BCUT2D eigenvalue weighted by atomic mass is 16.5. The summed E-state index contributed by atoms with van der Waals surface area (Å²) in [6.45, 7) is 7.36. The van der Waals surface area contributed by atoms with E-state index in [9.17, 15) is 0 Å². The molecule has 0 aliphatic heterocycles. The van der Waals surface area contributed by atoms with Crippen molar-refractivity contribution < 1.29 is 4.74 Å². The van der Waals surface area contributed by atoms with E-state index in [1.807, 2.05) is 24.0 Å². The second-order valence-corrected chi connectivity index (χ2v) is 3.65. The topological polar surface area (TPSA) is 53.1 Å². The molecule has 0 aliphatic rings. The minimum Gasteiger partial charge on any atom is -0.372 e. The van der Waals surface area contributed by atoms with Crippen LogP contribution in [0.1, 0.15) is 38.5 Å². The highest BCUT2D eigenvalue weighted by molar-refractivity contribution is 5.07. The second-order valence-electron chi connectivity index (χ2n) is 3.65. The van der Waals surface area contributed by atoms with E-state index in [-0.39, 0.29) is 6.10 Å². The Bertz CT molecular complexity index is 270. The van der Waals surface area contributed by atoms with Crippen molar-refractivity contribution in [1.29, 1.82) is 0 Å². The van der Waals surface area contributed by atoms with Gasteiger partial charge in [0, 0.05) is 24.3 Å². The quantitative estimate of drug-likeness (QED) is 0.778. The van der Waals surface area contributed by atoms with Gasteiger partial charge in [-0.15, -0.1) is 0 Å². The Balaban J connectivity index is 2.57. The van der Waals surface area contributed by atoms with Crippen LogP contribution < -0.4 is 5.73 Å². The van der Waals surface area contributed by atoms with Crippen LogP contribution in [0.5, 0.6) is 0 Å². The highest BCUT2D eigenvalue weighted by Gasteiger charge is 2.08. The van der Waals surface area contributed by atoms with E-state index < -0.39 is 0 Å².